The zero-order chi connectivity index (χ0) is 13.9. The number of rotatable bonds is 5. The highest BCUT2D eigenvalue weighted by Crippen LogP contribution is 2.31. The van der Waals surface area contributed by atoms with E-state index in [0.29, 0.717) is 0 Å². The van der Waals surface area contributed by atoms with Gasteiger partial charge in [-0.2, -0.15) is 8.78 Å². The summed E-state index contributed by atoms with van der Waals surface area (Å²) in [4.78, 5) is 9.61. The van der Waals surface area contributed by atoms with Crippen LogP contribution in [0.2, 0.25) is 5.02 Å². The van der Waals surface area contributed by atoms with Gasteiger partial charge in [-0.05, 0) is 6.07 Å². The average Bonchev–Trinajstić information content (AvgIpc) is 2.26. The molecule has 0 amide bonds. The molecule has 0 aliphatic heterocycles. The van der Waals surface area contributed by atoms with E-state index in [1.165, 1.54) is 0 Å². The molecule has 1 aromatic rings. The fraction of sp³-hybridized carbons (Fsp3) is 0.333. The second kappa shape index (κ2) is 5.38. The largest absolute Gasteiger partial charge is 0.485 e. The molecule has 0 aliphatic rings. The van der Waals surface area contributed by atoms with Crippen molar-refractivity contribution in [2.45, 2.75) is 12.3 Å². The fourth-order valence-electron chi connectivity index (χ4n) is 0.957. The molecule has 0 bridgehead atoms. The van der Waals surface area contributed by atoms with Crippen molar-refractivity contribution in [3.63, 3.8) is 0 Å². The molecule has 4 nitrogen and oxygen atoms in total. The monoisotopic (exact) mass is 287 g/mol. The SMILES string of the molecule is O=[N+]([O-])c1ccc(OCC(F)(F)C(F)F)c(Cl)c1. The fourth-order valence-corrected chi connectivity index (χ4v) is 1.19. The summed E-state index contributed by atoms with van der Waals surface area (Å²) >= 11 is 5.52. The van der Waals surface area contributed by atoms with E-state index >= 15 is 0 Å². The van der Waals surface area contributed by atoms with Crippen molar-refractivity contribution in [1.82, 2.24) is 0 Å². The van der Waals surface area contributed by atoms with Crippen LogP contribution in [0, 0.1) is 10.1 Å². The van der Waals surface area contributed by atoms with Crippen molar-refractivity contribution in [1.29, 1.82) is 0 Å². The van der Waals surface area contributed by atoms with Gasteiger partial charge in [-0.3, -0.25) is 10.1 Å². The molecular formula is C9H6ClF4NO3. The van der Waals surface area contributed by atoms with Gasteiger partial charge >= 0.3 is 12.3 Å². The second-order valence-electron chi connectivity index (χ2n) is 3.22. The first-order chi connectivity index (χ1) is 8.24. The second-order valence-corrected chi connectivity index (χ2v) is 3.63. The van der Waals surface area contributed by atoms with E-state index in [-0.39, 0.29) is 16.5 Å². The minimum absolute atomic E-state index is 0.311. The number of nitro benzene ring substituents is 1. The minimum Gasteiger partial charge on any atom is -0.485 e. The van der Waals surface area contributed by atoms with Gasteiger partial charge in [-0.25, -0.2) is 8.78 Å². The Kier molecular flexibility index (Phi) is 4.33. The van der Waals surface area contributed by atoms with Crippen molar-refractivity contribution in [3.8, 4) is 5.75 Å². The quantitative estimate of drug-likeness (QED) is 0.473. The molecule has 0 fully saturated rings. The summed E-state index contributed by atoms with van der Waals surface area (Å²) < 4.78 is 53.2. The first-order valence-electron chi connectivity index (χ1n) is 4.47. The van der Waals surface area contributed by atoms with Crippen molar-refractivity contribution >= 4 is 17.3 Å². The molecule has 0 aromatic heterocycles. The molecule has 0 aliphatic carbocycles. The molecule has 1 rings (SSSR count). The van der Waals surface area contributed by atoms with Gasteiger partial charge in [0, 0.05) is 12.1 Å². The van der Waals surface area contributed by atoms with E-state index in [4.69, 9.17) is 11.6 Å². The molecule has 0 radical (unpaired) electrons. The highest BCUT2D eigenvalue weighted by Gasteiger charge is 2.41. The molecule has 9 heteroatoms. The molecule has 0 unspecified atom stereocenters. The normalized spacial score (nSPS) is 11.7. The molecule has 1 aromatic carbocycles. The number of non-ortho nitro benzene ring substituents is 1. The summed E-state index contributed by atoms with van der Waals surface area (Å²) in [7, 11) is 0. The lowest BCUT2D eigenvalue weighted by atomic mass is 10.3. The highest BCUT2D eigenvalue weighted by atomic mass is 35.5. The number of hydrogen-bond acceptors (Lipinski definition) is 3. The van der Waals surface area contributed by atoms with Crippen LogP contribution < -0.4 is 4.74 Å². The number of nitrogens with zero attached hydrogens (tertiary/aromatic N) is 1. The predicted molar refractivity (Wildman–Crippen MR) is 54.6 cm³/mol. The number of nitro groups is 1. The van der Waals surface area contributed by atoms with Gasteiger partial charge in [0.2, 0.25) is 0 Å². The molecule has 0 heterocycles. The number of alkyl halides is 4. The van der Waals surface area contributed by atoms with Crippen molar-refractivity contribution in [2.75, 3.05) is 6.61 Å². The van der Waals surface area contributed by atoms with E-state index in [2.05, 4.69) is 4.74 Å². The van der Waals surface area contributed by atoms with Crippen LogP contribution in [-0.2, 0) is 0 Å². The summed E-state index contributed by atoms with van der Waals surface area (Å²) in [5, 5.41) is 10.0. The van der Waals surface area contributed by atoms with Crippen LogP contribution in [0.5, 0.6) is 5.75 Å². The number of halogens is 5. The van der Waals surface area contributed by atoms with Crippen molar-refractivity contribution in [3.05, 3.63) is 33.3 Å². The first-order valence-corrected chi connectivity index (χ1v) is 4.84. The van der Waals surface area contributed by atoms with Crippen LogP contribution in [0.1, 0.15) is 0 Å². The summed E-state index contributed by atoms with van der Waals surface area (Å²) in [5.41, 5.74) is -0.368. The average molecular weight is 288 g/mol. The molecule has 18 heavy (non-hydrogen) atoms. The van der Waals surface area contributed by atoms with Crippen LogP contribution >= 0.6 is 11.6 Å². The van der Waals surface area contributed by atoms with E-state index in [9.17, 15) is 27.7 Å². The zero-order valence-corrected chi connectivity index (χ0v) is 9.33. The Bertz CT molecular complexity index is 455. The lowest BCUT2D eigenvalue weighted by Gasteiger charge is -2.16. The molecule has 0 atom stereocenters. The van der Waals surface area contributed by atoms with Gasteiger partial charge in [0.25, 0.3) is 5.69 Å². The van der Waals surface area contributed by atoms with E-state index in [0.717, 1.165) is 18.2 Å². The maximum atomic E-state index is 12.5. The van der Waals surface area contributed by atoms with Crippen LogP contribution in [0.4, 0.5) is 23.2 Å². The Morgan fingerprint density at radius 3 is 2.50 bits per heavy atom. The minimum atomic E-state index is -4.31. The van der Waals surface area contributed by atoms with Crippen molar-refractivity contribution < 1.29 is 27.2 Å². The van der Waals surface area contributed by atoms with E-state index in [1.807, 2.05) is 0 Å². The van der Waals surface area contributed by atoms with Crippen molar-refractivity contribution in [2.24, 2.45) is 0 Å². The summed E-state index contributed by atoms with van der Waals surface area (Å²) in [6.45, 7) is -1.57. The topological polar surface area (TPSA) is 52.4 Å². The third-order valence-corrected chi connectivity index (χ3v) is 2.16. The lowest BCUT2D eigenvalue weighted by Crippen LogP contribution is -2.33. The van der Waals surface area contributed by atoms with Gasteiger partial charge in [0.05, 0.1) is 9.95 Å². The van der Waals surface area contributed by atoms with Gasteiger partial charge in [0.15, 0.2) is 6.61 Å². The molecule has 0 spiro atoms. The van der Waals surface area contributed by atoms with Crippen LogP contribution in [0.15, 0.2) is 18.2 Å². The third-order valence-electron chi connectivity index (χ3n) is 1.87. The standard InChI is InChI=1S/C9H6ClF4NO3/c10-6-3-5(15(16)17)1-2-7(6)18-4-9(13,14)8(11)12/h1-3,8H,4H2. The Morgan fingerprint density at radius 1 is 1.44 bits per heavy atom. The molecule has 0 saturated heterocycles. The van der Waals surface area contributed by atoms with Gasteiger partial charge in [0.1, 0.15) is 5.75 Å². The lowest BCUT2D eigenvalue weighted by molar-refractivity contribution is -0.384. The van der Waals surface area contributed by atoms with Gasteiger partial charge in [-0.1, -0.05) is 11.6 Å². The smallest absolute Gasteiger partial charge is 0.340 e. The molecule has 0 saturated carbocycles. The maximum Gasteiger partial charge on any atom is 0.340 e. The first kappa shape index (κ1) is 14.5. The maximum absolute atomic E-state index is 12.5. The van der Waals surface area contributed by atoms with E-state index in [1.54, 1.807) is 0 Å². The van der Waals surface area contributed by atoms with E-state index < -0.39 is 23.9 Å². The number of ether oxygens (including phenoxy) is 1. The van der Waals surface area contributed by atoms with Gasteiger partial charge < -0.3 is 4.74 Å². The Labute approximate surface area is 103 Å². The zero-order valence-electron chi connectivity index (χ0n) is 8.58. The summed E-state index contributed by atoms with van der Waals surface area (Å²) in [6, 6.07) is 2.79. The summed E-state index contributed by atoms with van der Waals surface area (Å²) in [5.74, 6) is -4.65. The Balaban J connectivity index is 2.78. The highest BCUT2D eigenvalue weighted by molar-refractivity contribution is 6.32. The number of hydrogen-bond donors (Lipinski definition) is 0. The third kappa shape index (κ3) is 3.46. The van der Waals surface area contributed by atoms with Crippen LogP contribution in [0.25, 0.3) is 0 Å². The van der Waals surface area contributed by atoms with Crippen LogP contribution in [-0.4, -0.2) is 23.9 Å². The molecular weight excluding hydrogens is 282 g/mol. The molecule has 0 N–H and O–H groups in total. The summed E-state index contributed by atoms with van der Waals surface area (Å²) in [6.07, 6.45) is -3.87. The Morgan fingerprint density at radius 2 is 2.06 bits per heavy atom. The Hall–Kier alpha value is -1.57. The molecule has 100 valence electrons. The van der Waals surface area contributed by atoms with Gasteiger partial charge in [-0.15, -0.1) is 0 Å². The predicted octanol–water partition coefficient (Wildman–Crippen LogP) is 3.53. The van der Waals surface area contributed by atoms with Crippen LogP contribution in [0.3, 0.4) is 0 Å². The number of benzene rings is 1.